The lowest BCUT2D eigenvalue weighted by molar-refractivity contribution is -0.118. The molecule has 0 bridgehead atoms. The highest BCUT2D eigenvalue weighted by Crippen LogP contribution is 2.34. The summed E-state index contributed by atoms with van der Waals surface area (Å²) < 4.78 is 11.2. The van der Waals surface area contributed by atoms with E-state index in [4.69, 9.17) is 9.47 Å². The Morgan fingerprint density at radius 2 is 1.65 bits per heavy atom. The van der Waals surface area contributed by atoms with E-state index in [1.54, 1.807) is 7.11 Å². The molecule has 37 heavy (non-hydrogen) atoms. The van der Waals surface area contributed by atoms with Gasteiger partial charge in [-0.05, 0) is 48.7 Å². The van der Waals surface area contributed by atoms with Gasteiger partial charge in [-0.2, -0.15) is 0 Å². The van der Waals surface area contributed by atoms with Gasteiger partial charge in [0.25, 0.3) is 5.91 Å². The number of hydrogen-bond donors (Lipinski definition) is 2. The zero-order chi connectivity index (χ0) is 26.4. The third-order valence-corrected chi connectivity index (χ3v) is 5.68. The summed E-state index contributed by atoms with van der Waals surface area (Å²) in [6, 6.07) is 24.9. The van der Waals surface area contributed by atoms with Crippen molar-refractivity contribution in [1.29, 1.82) is 0 Å². The Balaban J connectivity index is 1.43. The minimum absolute atomic E-state index is 0.112. The Labute approximate surface area is 217 Å². The van der Waals surface area contributed by atoms with Gasteiger partial charge in [-0.3, -0.25) is 4.79 Å². The Bertz CT molecular complexity index is 1380. The Kier molecular flexibility index (Phi) is 7.72. The molecule has 4 rings (SSSR count). The van der Waals surface area contributed by atoms with E-state index in [0.717, 1.165) is 28.3 Å². The molecule has 1 heterocycles. The lowest BCUT2D eigenvalue weighted by Gasteiger charge is -2.23. The molecule has 1 amide bonds. The van der Waals surface area contributed by atoms with Crippen molar-refractivity contribution < 1.29 is 14.3 Å². The molecule has 0 saturated heterocycles. The number of ether oxygens (including phenoxy) is 2. The van der Waals surface area contributed by atoms with Crippen LogP contribution in [0, 0.1) is 6.92 Å². The highest BCUT2D eigenvalue weighted by atomic mass is 16.5. The SMILES string of the molecule is COc1ccc(OCC(=O)Nc2cccc(Nc3cc(-c4ccccc4)nc(C)n3)c2)c(C(C)(C)C)c1. The molecular formula is C30H32N4O3. The number of carbonyl (C=O) groups excluding carboxylic acids is 1. The van der Waals surface area contributed by atoms with Crippen molar-refractivity contribution in [2.45, 2.75) is 33.1 Å². The number of anilines is 3. The maximum atomic E-state index is 12.7. The molecule has 2 N–H and O–H groups in total. The number of benzene rings is 3. The topological polar surface area (TPSA) is 85.4 Å². The Morgan fingerprint density at radius 1 is 0.892 bits per heavy atom. The highest BCUT2D eigenvalue weighted by molar-refractivity contribution is 5.92. The van der Waals surface area contributed by atoms with Gasteiger partial charge in [0.1, 0.15) is 23.1 Å². The smallest absolute Gasteiger partial charge is 0.262 e. The first-order chi connectivity index (χ1) is 17.7. The fraction of sp³-hybridized carbons (Fsp3) is 0.233. The standard InChI is InChI=1S/C30H32N4O3/c1-20-31-26(21-10-7-6-8-11-21)18-28(32-20)33-22-12-9-13-23(16-22)34-29(35)19-37-27-15-14-24(36-5)17-25(27)30(2,3)4/h6-18H,19H2,1-5H3,(H,34,35)(H,31,32,33). The molecule has 0 saturated carbocycles. The average molecular weight is 497 g/mol. The van der Waals surface area contributed by atoms with Crippen LogP contribution in [0.3, 0.4) is 0 Å². The molecule has 0 aliphatic heterocycles. The van der Waals surface area contributed by atoms with Gasteiger partial charge >= 0.3 is 0 Å². The van der Waals surface area contributed by atoms with E-state index >= 15 is 0 Å². The zero-order valence-electron chi connectivity index (χ0n) is 21.8. The number of methoxy groups -OCH3 is 1. The van der Waals surface area contributed by atoms with Gasteiger partial charge in [0.15, 0.2) is 6.61 Å². The number of amides is 1. The van der Waals surface area contributed by atoms with Gasteiger partial charge in [0.05, 0.1) is 12.8 Å². The van der Waals surface area contributed by atoms with E-state index in [1.165, 1.54) is 0 Å². The minimum Gasteiger partial charge on any atom is -0.497 e. The van der Waals surface area contributed by atoms with Gasteiger partial charge in [0, 0.05) is 28.6 Å². The first kappa shape index (κ1) is 25.7. The monoisotopic (exact) mass is 496 g/mol. The molecule has 0 unspecified atom stereocenters. The molecule has 0 spiro atoms. The second-order valence-electron chi connectivity index (χ2n) is 9.71. The van der Waals surface area contributed by atoms with Crippen LogP contribution in [0.4, 0.5) is 17.2 Å². The predicted molar refractivity (Wildman–Crippen MR) is 148 cm³/mol. The van der Waals surface area contributed by atoms with Crippen molar-refractivity contribution in [3.8, 4) is 22.8 Å². The van der Waals surface area contributed by atoms with Crippen molar-refractivity contribution >= 4 is 23.1 Å². The van der Waals surface area contributed by atoms with Gasteiger partial charge in [-0.15, -0.1) is 0 Å². The van der Waals surface area contributed by atoms with Crippen molar-refractivity contribution in [2.75, 3.05) is 24.4 Å². The maximum Gasteiger partial charge on any atom is 0.262 e. The molecule has 0 atom stereocenters. The summed E-state index contributed by atoms with van der Waals surface area (Å²) >= 11 is 0. The number of aryl methyl sites for hydroxylation is 1. The fourth-order valence-corrected chi connectivity index (χ4v) is 3.90. The second kappa shape index (κ2) is 11.1. The summed E-state index contributed by atoms with van der Waals surface area (Å²) in [5.41, 5.74) is 4.11. The van der Waals surface area contributed by atoms with Crippen LogP contribution in [0.5, 0.6) is 11.5 Å². The van der Waals surface area contributed by atoms with Crippen LogP contribution in [0.1, 0.15) is 32.2 Å². The van der Waals surface area contributed by atoms with E-state index in [2.05, 4.69) is 41.4 Å². The summed E-state index contributed by atoms with van der Waals surface area (Å²) in [6.07, 6.45) is 0. The van der Waals surface area contributed by atoms with Crippen LogP contribution in [-0.2, 0) is 10.2 Å². The Hall–Kier alpha value is -4.39. The number of nitrogens with one attached hydrogen (secondary N) is 2. The van der Waals surface area contributed by atoms with Gasteiger partial charge in [-0.1, -0.05) is 57.2 Å². The first-order valence-electron chi connectivity index (χ1n) is 12.1. The van der Waals surface area contributed by atoms with Gasteiger partial charge in [-0.25, -0.2) is 9.97 Å². The third kappa shape index (κ3) is 6.85. The molecule has 7 heteroatoms. The fourth-order valence-electron chi connectivity index (χ4n) is 3.90. The Morgan fingerprint density at radius 3 is 2.38 bits per heavy atom. The number of carbonyl (C=O) groups is 1. The number of nitrogens with zero attached hydrogens (tertiary/aromatic N) is 2. The van der Waals surface area contributed by atoms with E-state index in [-0.39, 0.29) is 17.9 Å². The highest BCUT2D eigenvalue weighted by Gasteiger charge is 2.20. The van der Waals surface area contributed by atoms with E-state index < -0.39 is 0 Å². The number of hydrogen-bond acceptors (Lipinski definition) is 6. The van der Waals surface area contributed by atoms with E-state index in [9.17, 15) is 4.79 Å². The normalized spacial score (nSPS) is 11.1. The van der Waals surface area contributed by atoms with Crippen LogP contribution >= 0.6 is 0 Å². The second-order valence-corrected chi connectivity index (χ2v) is 9.71. The summed E-state index contributed by atoms with van der Waals surface area (Å²) in [6.45, 7) is 8.03. The summed E-state index contributed by atoms with van der Waals surface area (Å²) in [4.78, 5) is 21.7. The molecule has 1 aromatic heterocycles. The minimum atomic E-state index is -0.253. The summed E-state index contributed by atoms with van der Waals surface area (Å²) in [7, 11) is 1.63. The molecule has 0 fully saturated rings. The van der Waals surface area contributed by atoms with Crippen LogP contribution < -0.4 is 20.1 Å². The molecule has 0 aliphatic rings. The quantitative estimate of drug-likeness (QED) is 0.289. The predicted octanol–water partition coefficient (Wildman–Crippen LogP) is 6.52. The largest absolute Gasteiger partial charge is 0.497 e. The van der Waals surface area contributed by atoms with Crippen molar-refractivity contribution in [3.05, 3.63) is 90.3 Å². The van der Waals surface area contributed by atoms with E-state index in [0.29, 0.717) is 23.1 Å². The summed E-state index contributed by atoms with van der Waals surface area (Å²) in [5, 5.41) is 6.22. The van der Waals surface area contributed by atoms with Crippen LogP contribution in [-0.4, -0.2) is 29.6 Å². The van der Waals surface area contributed by atoms with Crippen molar-refractivity contribution in [2.24, 2.45) is 0 Å². The van der Waals surface area contributed by atoms with Gasteiger partial charge < -0.3 is 20.1 Å². The average Bonchev–Trinajstić information content (AvgIpc) is 2.87. The maximum absolute atomic E-state index is 12.7. The van der Waals surface area contributed by atoms with Crippen LogP contribution in [0.2, 0.25) is 0 Å². The number of aromatic nitrogens is 2. The lowest BCUT2D eigenvalue weighted by atomic mass is 9.86. The molecule has 3 aromatic carbocycles. The van der Waals surface area contributed by atoms with Crippen LogP contribution in [0.15, 0.2) is 78.9 Å². The first-order valence-corrected chi connectivity index (χ1v) is 12.1. The molecular weight excluding hydrogens is 464 g/mol. The molecule has 7 nitrogen and oxygen atoms in total. The third-order valence-electron chi connectivity index (χ3n) is 5.68. The molecule has 0 radical (unpaired) electrons. The van der Waals surface area contributed by atoms with Crippen LogP contribution in [0.25, 0.3) is 11.3 Å². The van der Waals surface area contributed by atoms with Crippen molar-refractivity contribution in [1.82, 2.24) is 9.97 Å². The summed E-state index contributed by atoms with van der Waals surface area (Å²) in [5.74, 6) is 2.50. The lowest BCUT2D eigenvalue weighted by Crippen LogP contribution is -2.22. The van der Waals surface area contributed by atoms with E-state index in [1.807, 2.05) is 85.8 Å². The molecule has 190 valence electrons. The van der Waals surface area contributed by atoms with Gasteiger partial charge in [0.2, 0.25) is 0 Å². The molecule has 4 aromatic rings. The zero-order valence-corrected chi connectivity index (χ0v) is 21.8. The van der Waals surface area contributed by atoms with Crippen molar-refractivity contribution in [3.63, 3.8) is 0 Å². The molecule has 0 aliphatic carbocycles. The number of rotatable bonds is 8.